The third-order valence-corrected chi connectivity index (χ3v) is 5.03. The van der Waals surface area contributed by atoms with Crippen LogP contribution in [0.4, 0.5) is 5.69 Å². The van der Waals surface area contributed by atoms with Crippen molar-refractivity contribution in [2.75, 3.05) is 18.9 Å². The van der Waals surface area contributed by atoms with Crippen molar-refractivity contribution in [1.82, 2.24) is 5.32 Å². The molecule has 1 fully saturated rings. The molecular weight excluding hydrogens is 268 g/mol. The van der Waals surface area contributed by atoms with Crippen LogP contribution in [0.15, 0.2) is 29.2 Å². The van der Waals surface area contributed by atoms with Gasteiger partial charge >= 0.3 is 0 Å². The van der Waals surface area contributed by atoms with Crippen molar-refractivity contribution in [3.05, 3.63) is 24.3 Å². The first-order chi connectivity index (χ1) is 9.69. The van der Waals surface area contributed by atoms with E-state index in [4.69, 9.17) is 0 Å². The van der Waals surface area contributed by atoms with Crippen LogP contribution in [0.5, 0.6) is 0 Å². The van der Waals surface area contributed by atoms with E-state index in [1.807, 2.05) is 37.9 Å². The number of carbonyl (C=O) groups is 1. The van der Waals surface area contributed by atoms with Gasteiger partial charge in [0.15, 0.2) is 0 Å². The minimum Gasteiger partial charge on any atom is -0.326 e. The monoisotopic (exact) mass is 292 g/mol. The summed E-state index contributed by atoms with van der Waals surface area (Å²) in [5.74, 6) is 0.0445. The van der Waals surface area contributed by atoms with E-state index in [1.54, 1.807) is 0 Å². The maximum absolute atomic E-state index is 11.9. The minimum absolute atomic E-state index is 0.0208. The first kappa shape index (κ1) is 15.4. The van der Waals surface area contributed by atoms with Crippen LogP contribution in [-0.4, -0.2) is 24.7 Å². The Kier molecular flexibility index (Phi) is 5.92. The van der Waals surface area contributed by atoms with Gasteiger partial charge in [0, 0.05) is 28.3 Å². The number of hydrogen-bond donors (Lipinski definition) is 2. The molecule has 2 rings (SSSR count). The third-order valence-electron chi connectivity index (χ3n) is 3.68. The van der Waals surface area contributed by atoms with Crippen LogP contribution in [0.3, 0.4) is 0 Å². The number of thioether (sulfide) groups is 1. The van der Waals surface area contributed by atoms with Gasteiger partial charge in [-0.2, -0.15) is 0 Å². The lowest BCUT2D eigenvalue weighted by Crippen LogP contribution is -2.28. The van der Waals surface area contributed by atoms with Gasteiger partial charge in [-0.1, -0.05) is 19.8 Å². The maximum atomic E-state index is 11.9. The Balaban J connectivity index is 1.86. The third kappa shape index (κ3) is 4.53. The molecular formula is C16H24N2OS. The van der Waals surface area contributed by atoms with E-state index in [2.05, 4.69) is 22.8 Å². The van der Waals surface area contributed by atoms with Gasteiger partial charge in [0.2, 0.25) is 5.91 Å². The molecule has 110 valence electrons. The Morgan fingerprint density at radius 3 is 2.55 bits per heavy atom. The molecule has 4 heteroatoms. The summed E-state index contributed by atoms with van der Waals surface area (Å²) in [4.78, 5) is 13.2. The summed E-state index contributed by atoms with van der Waals surface area (Å²) in [5, 5.41) is 6.76. The number of carbonyl (C=O) groups excluding carboxylic acids is 1. The van der Waals surface area contributed by atoms with Gasteiger partial charge in [0.1, 0.15) is 0 Å². The number of rotatable bonds is 6. The molecule has 2 N–H and O–H groups in total. The highest BCUT2D eigenvalue weighted by molar-refractivity contribution is 8.00. The number of hydrogen-bond acceptors (Lipinski definition) is 3. The maximum Gasteiger partial charge on any atom is 0.228 e. The van der Waals surface area contributed by atoms with Crippen LogP contribution in [0, 0.1) is 5.92 Å². The first-order valence-electron chi connectivity index (χ1n) is 7.41. The normalized spacial score (nSPS) is 17.1. The summed E-state index contributed by atoms with van der Waals surface area (Å²) in [5.41, 5.74) is 0.883. The number of benzene rings is 1. The second-order valence-corrected chi connectivity index (χ2v) is 6.87. The molecule has 0 radical (unpaired) electrons. The zero-order valence-corrected chi connectivity index (χ0v) is 13.1. The van der Waals surface area contributed by atoms with Gasteiger partial charge in [-0.3, -0.25) is 4.79 Å². The van der Waals surface area contributed by atoms with Crippen LogP contribution in [0.25, 0.3) is 0 Å². The molecule has 1 aliphatic rings. The lowest BCUT2D eigenvalue weighted by atomic mass is 10.1. The summed E-state index contributed by atoms with van der Waals surface area (Å²) < 4.78 is 0. The Hall–Kier alpha value is -1.00. The Morgan fingerprint density at radius 1 is 1.30 bits per heavy atom. The smallest absolute Gasteiger partial charge is 0.228 e. The van der Waals surface area contributed by atoms with Crippen LogP contribution in [0.2, 0.25) is 0 Å². The van der Waals surface area contributed by atoms with Crippen molar-refractivity contribution in [2.45, 2.75) is 42.8 Å². The molecule has 0 saturated heterocycles. The minimum atomic E-state index is -0.0208. The van der Waals surface area contributed by atoms with E-state index in [0.29, 0.717) is 6.54 Å². The van der Waals surface area contributed by atoms with Crippen molar-refractivity contribution in [3.63, 3.8) is 0 Å². The molecule has 1 saturated carbocycles. The lowest BCUT2D eigenvalue weighted by Gasteiger charge is -2.12. The van der Waals surface area contributed by atoms with E-state index in [0.717, 1.165) is 10.9 Å². The molecule has 1 amide bonds. The van der Waals surface area contributed by atoms with Crippen LogP contribution in [-0.2, 0) is 4.79 Å². The zero-order valence-electron chi connectivity index (χ0n) is 12.3. The molecule has 0 bridgehead atoms. The Morgan fingerprint density at radius 2 is 1.95 bits per heavy atom. The van der Waals surface area contributed by atoms with E-state index >= 15 is 0 Å². The zero-order chi connectivity index (χ0) is 14.4. The topological polar surface area (TPSA) is 41.1 Å². The lowest BCUT2D eigenvalue weighted by molar-refractivity contribution is -0.119. The van der Waals surface area contributed by atoms with Crippen LogP contribution < -0.4 is 10.6 Å². The molecule has 0 aliphatic heterocycles. The molecule has 20 heavy (non-hydrogen) atoms. The van der Waals surface area contributed by atoms with Gasteiger partial charge in [-0.25, -0.2) is 0 Å². The number of anilines is 1. The predicted molar refractivity (Wildman–Crippen MR) is 86.3 cm³/mol. The Bertz CT molecular complexity index is 427. The standard InChI is InChI=1S/C16H24N2OS/c1-12(11-17-2)16(19)18-13-7-9-15(10-8-13)20-14-5-3-4-6-14/h7-10,12,14,17H,3-6,11H2,1-2H3,(H,18,19). The molecule has 0 heterocycles. The molecule has 1 atom stereocenters. The summed E-state index contributed by atoms with van der Waals surface area (Å²) in [6.07, 6.45) is 5.42. The molecule has 0 aromatic heterocycles. The fourth-order valence-electron chi connectivity index (χ4n) is 2.48. The summed E-state index contributed by atoms with van der Waals surface area (Å²) in [6, 6.07) is 8.23. The summed E-state index contributed by atoms with van der Waals surface area (Å²) in [7, 11) is 1.86. The van der Waals surface area contributed by atoms with E-state index in [1.165, 1.54) is 30.6 Å². The molecule has 1 unspecified atom stereocenters. The van der Waals surface area contributed by atoms with E-state index in [9.17, 15) is 4.79 Å². The summed E-state index contributed by atoms with van der Waals surface area (Å²) in [6.45, 7) is 2.62. The molecule has 1 aliphatic carbocycles. The average molecular weight is 292 g/mol. The number of amides is 1. The summed E-state index contributed by atoms with van der Waals surface area (Å²) >= 11 is 1.97. The fourth-order valence-corrected chi connectivity index (χ4v) is 3.73. The Labute approximate surface area is 125 Å². The second-order valence-electron chi connectivity index (χ2n) is 5.50. The van der Waals surface area contributed by atoms with Crippen molar-refractivity contribution >= 4 is 23.4 Å². The largest absolute Gasteiger partial charge is 0.326 e. The van der Waals surface area contributed by atoms with Gasteiger partial charge in [-0.05, 0) is 44.2 Å². The van der Waals surface area contributed by atoms with Gasteiger partial charge in [0.05, 0.1) is 0 Å². The van der Waals surface area contributed by atoms with E-state index in [-0.39, 0.29) is 11.8 Å². The molecule has 3 nitrogen and oxygen atoms in total. The molecule has 1 aromatic carbocycles. The van der Waals surface area contributed by atoms with Crippen molar-refractivity contribution in [3.8, 4) is 0 Å². The highest BCUT2D eigenvalue weighted by Gasteiger charge is 2.16. The quantitative estimate of drug-likeness (QED) is 0.843. The average Bonchev–Trinajstić information content (AvgIpc) is 2.94. The van der Waals surface area contributed by atoms with Crippen molar-refractivity contribution < 1.29 is 4.79 Å². The number of nitrogens with one attached hydrogen (secondary N) is 2. The fraction of sp³-hybridized carbons (Fsp3) is 0.562. The van der Waals surface area contributed by atoms with Crippen LogP contribution >= 0.6 is 11.8 Å². The van der Waals surface area contributed by atoms with E-state index < -0.39 is 0 Å². The molecule has 0 spiro atoms. The van der Waals surface area contributed by atoms with Gasteiger partial charge < -0.3 is 10.6 Å². The van der Waals surface area contributed by atoms with Crippen molar-refractivity contribution in [1.29, 1.82) is 0 Å². The van der Waals surface area contributed by atoms with Crippen LogP contribution in [0.1, 0.15) is 32.6 Å². The van der Waals surface area contributed by atoms with Crippen molar-refractivity contribution in [2.24, 2.45) is 5.92 Å². The second kappa shape index (κ2) is 7.70. The predicted octanol–water partition coefficient (Wildman–Crippen LogP) is 3.52. The van der Waals surface area contributed by atoms with Gasteiger partial charge in [-0.15, -0.1) is 11.8 Å². The highest BCUT2D eigenvalue weighted by atomic mass is 32.2. The first-order valence-corrected chi connectivity index (χ1v) is 8.29. The van der Waals surface area contributed by atoms with Gasteiger partial charge in [0.25, 0.3) is 0 Å². The highest BCUT2D eigenvalue weighted by Crippen LogP contribution is 2.34. The SMILES string of the molecule is CNCC(C)C(=O)Nc1ccc(SC2CCCC2)cc1. The molecule has 1 aromatic rings.